The van der Waals surface area contributed by atoms with Crippen molar-refractivity contribution >= 4 is 15.9 Å². The first kappa shape index (κ1) is 15.8. The Hall–Kier alpha value is 1.37. The number of methoxy groups -OCH3 is 2. The van der Waals surface area contributed by atoms with Gasteiger partial charge in [0.05, 0.1) is 0 Å². The Kier molecular flexibility index (Phi) is 13.8. The summed E-state index contributed by atoms with van der Waals surface area (Å²) in [6.45, 7) is 3.63. The molecule has 0 fully saturated rings. The van der Waals surface area contributed by atoms with Gasteiger partial charge in [0, 0.05) is 0 Å². The van der Waals surface area contributed by atoms with Crippen LogP contribution in [0.3, 0.4) is 0 Å². The summed E-state index contributed by atoms with van der Waals surface area (Å²) in [5.41, 5.74) is 0. The average Bonchev–Trinajstić information content (AvgIpc) is 2.04. The van der Waals surface area contributed by atoms with Crippen LogP contribution in [-0.2, 0) is 17.1 Å². The van der Waals surface area contributed by atoms with E-state index in [0.717, 1.165) is 0 Å². The molecule has 0 saturated carbocycles. The van der Waals surface area contributed by atoms with E-state index in [-0.39, 0.29) is 45.0 Å². The van der Waals surface area contributed by atoms with Crippen LogP contribution >= 0.6 is 0 Å². The van der Waals surface area contributed by atoms with Crippen LogP contribution in [0.25, 0.3) is 0 Å². The fraction of sp³-hybridized carbons (Fsp3) is 1.00. The van der Waals surface area contributed by atoms with Crippen LogP contribution in [0.2, 0.25) is 0 Å². The van der Waals surface area contributed by atoms with Gasteiger partial charge in [-0.3, -0.25) is 0 Å². The maximum Gasteiger partial charge on any atom is 1.00 e. The molecule has 0 aliphatic rings. The van der Waals surface area contributed by atoms with Crippen molar-refractivity contribution in [3.8, 4) is 0 Å². The molecule has 6 heteroatoms. The topological polar surface area (TPSA) is 36.9 Å². The summed E-state index contributed by atoms with van der Waals surface area (Å²) in [5, 5.41) is 0. The normalized spacial score (nSPS) is 14.3. The van der Waals surface area contributed by atoms with Crippen molar-refractivity contribution < 1.29 is 49.5 Å². The van der Waals surface area contributed by atoms with Crippen molar-refractivity contribution in [3.63, 3.8) is 0 Å². The molecule has 0 heterocycles. The van der Waals surface area contributed by atoms with E-state index in [4.69, 9.17) is 17.1 Å². The SMILES string of the molecule is COC(C)[O][Al+][O]C(C)OC.[H-].[H-].[Na+]. The van der Waals surface area contributed by atoms with Crippen molar-refractivity contribution in [2.45, 2.75) is 26.4 Å². The van der Waals surface area contributed by atoms with E-state index < -0.39 is 15.9 Å². The van der Waals surface area contributed by atoms with Crippen molar-refractivity contribution in [3.05, 3.63) is 0 Å². The van der Waals surface area contributed by atoms with E-state index in [1.165, 1.54) is 0 Å². The van der Waals surface area contributed by atoms with Gasteiger partial charge in [-0.25, -0.2) is 0 Å². The minimum Gasteiger partial charge on any atom is -1.00 e. The number of hydrogen-bond acceptors (Lipinski definition) is 4. The molecular weight excluding hydrogens is 186 g/mol. The molecule has 0 rings (SSSR count). The van der Waals surface area contributed by atoms with E-state index in [0.29, 0.717) is 0 Å². The van der Waals surface area contributed by atoms with Gasteiger partial charge < -0.3 is 2.85 Å². The van der Waals surface area contributed by atoms with Crippen LogP contribution < -0.4 is 29.6 Å². The largest absolute Gasteiger partial charge is 1.00 e. The Morgan fingerprint density at radius 3 is 1.58 bits per heavy atom. The van der Waals surface area contributed by atoms with Crippen molar-refractivity contribution in [2.24, 2.45) is 0 Å². The molecule has 0 N–H and O–H groups in total. The third-order valence-electron chi connectivity index (χ3n) is 1.16. The fourth-order valence-corrected chi connectivity index (χ4v) is 0.899. The zero-order chi connectivity index (χ0) is 8.69. The van der Waals surface area contributed by atoms with E-state index >= 15 is 0 Å². The van der Waals surface area contributed by atoms with E-state index in [1.807, 2.05) is 13.8 Å². The first-order valence-electron chi connectivity index (χ1n) is 3.39. The molecule has 2 atom stereocenters. The summed E-state index contributed by atoms with van der Waals surface area (Å²) < 4.78 is 19.9. The molecule has 12 heavy (non-hydrogen) atoms. The number of rotatable bonds is 6. The molecular formula is C6H16AlNaO4. The molecule has 0 spiro atoms. The second kappa shape index (κ2) is 10.5. The summed E-state index contributed by atoms with van der Waals surface area (Å²) in [6, 6.07) is 0. The Labute approximate surface area is 106 Å². The minimum atomic E-state index is -0.500. The third-order valence-corrected chi connectivity index (χ3v) is 2.15. The van der Waals surface area contributed by atoms with Gasteiger partial charge in [0.15, 0.2) is 0 Å². The predicted octanol–water partition coefficient (Wildman–Crippen LogP) is -2.23. The quantitative estimate of drug-likeness (QED) is 0.361. The van der Waals surface area contributed by atoms with Crippen LogP contribution in [0, 0.1) is 0 Å². The molecule has 0 aromatic carbocycles. The Morgan fingerprint density at radius 1 is 1.00 bits per heavy atom. The summed E-state index contributed by atoms with van der Waals surface area (Å²) in [7, 11) is 3.17. The van der Waals surface area contributed by atoms with Gasteiger partial charge in [-0.1, -0.05) is 0 Å². The maximum absolute atomic E-state index is 5.12. The van der Waals surface area contributed by atoms with Crippen molar-refractivity contribution in [2.75, 3.05) is 14.2 Å². The molecule has 0 radical (unpaired) electrons. The smallest absolute Gasteiger partial charge is 1.00 e. The molecule has 0 bridgehead atoms. The predicted molar refractivity (Wildman–Crippen MR) is 43.1 cm³/mol. The molecule has 0 amide bonds. The van der Waals surface area contributed by atoms with E-state index in [2.05, 4.69) is 0 Å². The minimum absolute atomic E-state index is 0. The van der Waals surface area contributed by atoms with Gasteiger partial charge >= 0.3 is 103 Å². The Bertz CT molecular complexity index is 93.9. The Balaban J connectivity index is -0.000000167. The molecule has 0 aliphatic heterocycles. The van der Waals surface area contributed by atoms with Gasteiger partial charge in [0.25, 0.3) is 0 Å². The maximum atomic E-state index is 5.12. The van der Waals surface area contributed by atoms with Crippen LogP contribution in [0.15, 0.2) is 0 Å². The average molecular weight is 202 g/mol. The van der Waals surface area contributed by atoms with E-state index in [9.17, 15) is 0 Å². The van der Waals surface area contributed by atoms with E-state index in [1.54, 1.807) is 14.2 Å². The zero-order valence-electron chi connectivity index (χ0n) is 10.4. The van der Waals surface area contributed by atoms with Crippen molar-refractivity contribution in [1.29, 1.82) is 0 Å². The zero-order valence-corrected chi connectivity index (χ0v) is 11.5. The van der Waals surface area contributed by atoms with Crippen molar-refractivity contribution in [1.82, 2.24) is 0 Å². The molecule has 2 unspecified atom stereocenters. The second-order valence-corrected chi connectivity index (χ2v) is 2.71. The van der Waals surface area contributed by atoms with Crippen LogP contribution in [0.4, 0.5) is 0 Å². The first-order chi connectivity index (χ1) is 5.20. The van der Waals surface area contributed by atoms with Crippen LogP contribution in [0.1, 0.15) is 16.7 Å². The monoisotopic (exact) mass is 202 g/mol. The molecule has 68 valence electrons. The van der Waals surface area contributed by atoms with Gasteiger partial charge in [0.1, 0.15) is 0 Å². The standard InChI is InChI=1S/2C3H7O2.Al.Na.2H/c2*1-3(4)5-2;;;;/h2*3H,1-2H3;;;;/q2*-1;+3;+1;2*-1. The van der Waals surface area contributed by atoms with Gasteiger partial charge in [-0.2, -0.15) is 0 Å². The Morgan fingerprint density at radius 2 is 1.33 bits per heavy atom. The number of hydrogen-bond donors (Lipinski definition) is 0. The second-order valence-electron chi connectivity index (χ2n) is 1.98. The molecule has 0 aromatic rings. The fourth-order valence-electron chi connectivity index (χ4n) is 0.300. The molecule has 4 nitrogen and oxygen atoms in total. The summed E-state index contributed by atoms with van der Waals surface area (Å²) in [5.74, 6) is 0. The third kappa shape index (κ3) is 9.46. The van der Waals surface area contributed by atoms with Crippen LogP contribution in [0.5, 0.6) is 0 Å². The summed E-state index contributed by atoms with van der Waals surface area (Å²) in [6.07, 6.45) is -0.400. The van der Waals surface area contributed by atoms with Gasteiger partial charge in [-0.15, -0.1) is 0 Å². The van der Waals surface area contributed by atoms with Gasteiger partial charge in [0.2, 0.25) is 0 Å². The summed E-state index contributed by atoms with van der Waals surface area (Å²) >= 11 is -0.500. The molecule has 0 aliphatic carbocycles. The number of ether oxygens (including phenoxy) is 2. The molecule has 0 saturated heterocycles. The molecule has 0 aromatic heterocycles. The van der Waals surface area contributed by atoms with Crippen LogP contribution in [-0.4, -0.2) is 42.7 Å². The summed E-state index contributed by atoms with van der Waals surface area (Å²) in [4.78, 5) is 0. The first-order valence-corrected chi connectivity index (χ1v) is 4.33. The van der Waals surface area contributed by atoms with Gasteiger partial charge in [-0.05, 0) is 0 Å².